The van der Waals surface area contributed by atoms with E-state index in [0.717, 1.165) is 5.56 Å². The van der Waals surface area contributed by atoms with E-state index in [4.69, 9.17) is 10.00 Å². The Labute approximate surface area is 134 Å². The molecule has 0 saturated heterocycles. The highest BCUT2D eigenvalue weighted by molar-refractivity contribution is 5.92. The van der Waals surface area contributed by atoms with Crippen LogP contribution in [0.3, 0.4) is 0 Å². The molecular formula is C17H16N4O2. The summed E-state index contributed by atoms with van der Waals surface area (Å²) in [7, 11) is 1.74. The number of pyridine rings is 1. The van der Waals surface area contributed by atoms with E-state index in [-0.39, 0.29) is 6.03 Å². The number of hydrogen-bond donors (Lipinski definition) is 0. The molecule has 116 valence electrons. The number of carbonyl (C=O) groups excluding carboxylic acids is 1. The van der Waals surface area contributed by atoms with Crippen molar-refractivity contribution in [3.8, 4) is 11.8 Å². The number of benzene rings is 1. The smallest absolute Gasteiger partial charge is 0.325 e. The highest BCUT2D eigenvalue weighted by Gasteiger charge is 2.27. The number of nitriles is 1. The van der Waals surface area contributed by atoms with Crippen LogP contribution in [0.25, 0.3) is 0 Å². The Morgan fingerprint density at radius 2 is 2.30 bits per heavy atom. The molecule has 3 rings (SSSR count). The second-order valence-electron chi connectivity index (χ2n) is 5.28. The molecule has 1 aliphatic rings. The molecule has 2 aromatic rings. The summed E-state index contributed by atoms with van der Waals surface area (Å²) in [5, 5.41) is 8.96. The molecule has 0 radical (unpaired) electrons. The number of rotatable bonds is 2. The van der Waals surface area contributed by atoms with Gasteiger partial charge in [0, 0.05) is 19.8 Å². The number of urea groups is 1. The van der Waals surface area contributed by atoms with Gasteiger partial charge in [-0.15, -0.1) is 0 Å². The van der Waals surface area contributed by atoms with E-state index >= 15 is 0 Å². The van der Waals surface area contributed by atoms with Gasteiger partial charge < -0.3 is 9.64 Å². The quantitative estimate of drug-likeness (QED) is 0.854. The zero-order valence-electron chi connectivity index (χ0n) is 12.8. The Bertz CT molecular complexity index is 769. The van der Waals surface area contributed by atoms with Crippen LogP contribution in [-0.2, 0) is 6.54 Å². The van der Waals surface area contributed by atoms with Gasteiger partial charge in [0.05, 0.1) is 18.2 Å². The van der Waals surface area contributed by atoms with Crippen LogP contribution in [0.15, 0.2) is 42.6 Å². The highest BCUT2D eigenvalue weighted by atomic mass is 16.5. The van der Waals surface area contributed by atoms with Crippen molar-refractivity contribution < 1.29 is 9.53 Å². The third kappa shape index (κ3) is 3.09. The summed E-state index contributed by atoms with van der Waals surface area (Å²) in [6.45, 7) is 1.33. The van der Waals surface area contributed by atoms with E-state index in [1.165, 1.54) is 0 Å². The molecule has 23 heavy (non-hydrogen) atoms. The predicted octanol–water partition coefficient (Wildman–Crippen LogP) is 2.40. The average Bonchev–Trinajstić information content (AvgIpc) is 2.60. The molecule has 6 nitrogen and oxygen atoms in total. The largest absolute Gasteiger partial charge is 0.488 e. The van der Waals surface area contributed by atoms with Crippen LogP contribution in [0.4, 0.5) is 10.6 Å². The van der Waals surface area contributed by atoms with Crippen LogP contribution in [0, 0.1) is 11.3 Å². The van der Waals surface area contributed by atoms with Gasteiger partial charge in [-0.1, -0.05) is 12.1 Å². The molecule has 0 bridgehead atoms. The van der Waals surface area contributed by atoms with Crippen molar-refractivity contribution in [2.45, 2.75) is 6.54 Å². The van der Waals surface area contributed by atoms with E-state index in [0.29, 0.717) is 36.8 Å². The second-order valence-corrected chi connectivity index (χ2v) is 5.28. The molecule has 1 aromatic carbocycles. The minimum absolute atomic E-state index is 0.143. The fraction of sp³-hybridized carbons (Fsp3) is 0.235. The maximum atomic E-state index is 12.7. The number of fused-ring (bicyclic) bond motifs is 1. The van der Waals surface area contributed by atoms with Crippen LogP contribution in [0.1, 0.15) is 11.1 Å². The van der Waals surface area contributed by atoms with Crippen molar-refractivity contribution in [2.75, 3.05) is 25.1 Å². The number of aromatic nitrogens is 1. The van der Waals surface area contributed by atoms with Gasteiger partial charge in [0.2, 0.25) is 0 Å². The second kappa shape index (κ2) is 6.36. The molecule has 0 fully saturated rings. The summed E-state index contributed by atoms with van der Waals surface area (Å²) in [5.74, 6) is 1.16. The number of amides is 2. The molecule has 0 aliphatic carbocycles. The SMILES string of the molecule is CN(Cc1cccc(C#N)c1)C(=O)N1CCOc2cccnc21. The Morgan fingerprint density at radius 3 is 3.13 bits per heavy atom. The monoisotopic (exact) mass is 308 g/mol. The van der Waals surface area contributed by atoms with Gasteiger partial charge in [-0.3, -0.25) is 4.90 Å². The number of anilines is 1. The summed E-state index contributed by atoms with van der Waals surface area (Å²) in [6.07, 6.45) is 1.64. The van der Waals surface area contributed by atoms with Crippen LogP contribution >= 0.6 is 0 Å². The van der Waals surface area contributed by atoms with Crippen molar-refractivity contribution in [1.82, 2.24) is 9.88 Å². The van der Waals surface area contributed by atoms with Gasteiger partial charge in [0.1, 0.15) is 6.61 Å². The van der Waals surface area contributed by atoms with E-state index in [9.17, 15) is 4.79 Å². The summed E-state index contributed by atoms with van der Waals surface area (Å²) < 4.78 is 5.52. The van der Waals surface area contributed by atoms with Crippen molar-refractivity contribution >= 4 is 11.8 Å². The lowest BCUT2D eigenvalue weighted by Gasteiger charge is -2.31. The summed E-state index contributed by atoms with van der Waals surface area (Å²) >= 11 is 0. The van der Waals surface area contributed by atoms with Gasteiger partial charge in [0.25, 0.3) is 0 Å². The van der Waals surface area contributed by atoms with Crippen molar-refractivity contribution in [2.24, 2.45) is 0 Å². The van der Waals surface area contributed by atoms with Crippen LogP contribution in [0.2, 0.25) is 0 Å². The lowest BCUT2D eigenvalue weighted by Crippen LogP contribution is -2.45. The zero-order valence-corrected chi connectivity index (χ0v) is 12.8. The van der Waals surface area contributed by atoms with E-state index in [1.54, 1.807) is 47.3 Å². The summed E-state index contributed by atoms with van der Waals surface area (Å²) in [5.41, 5.74) is 1.50. The molecule has 1 aromatic heterocycles. The summed E-state index contributed by atoms with van der Waals surface area (Å²) in [6, 6.07) is 12.8. The first-order chi connectivity index (χ1) is 11.2. The molecule has 0 atom stereocenters. The van der Waals surface area contributed by atoms with Gasteiger partial charge in [-0.25, -0.2) is 9.78 Å². The lowest BCUT2D eigenvalue weighted by molar-refractivity contribution is 0.208. The molecule has 0 N–H and O–H groups in total. The molecule has 0 unspecified atom stereocenters. The zero-order chi connectivity index (χ0) is 16.2. The van der Waals surface area contributed by atoms with E-state index < -0.39 is 0 Å². The Balaban J connectivity index is 1.77. The van der Waals surface area contributed by atoms with E-state index in [1.807, 2.05) is 12.1 Å². The first kappa shape index (κ1) is 14.9. The van der Waals surface area contributed by atoms with Crippen molar-refractivity contribution in [3.63, 3.8) is 0 Å². The number of nitrogens with zero attached hydrogens (tertiary/aromatic N) is 4. The molecule has 0 saturated carbocycles. The Morgan fingerprint density at radius 1 is 1.43 bits per heavy atom. The van der Waals surface area contributed by atoms with Gasteiger partial charge in [-0.2, -0.15) is 5.26 Å². The first-order valence-corrected chi connectivity index (χ1v) is 7.28. The first-order valence-electron chi connectivity index (χ1n) is 7.28. The fourth-order valence-corrected chi connectivity index (χ4v) is 2.52. The molecule has 2 amide bonds. The van der Waals surface area contributed by atoms with Gasteiger partial charge >= 0.3 is 6.03 Å². The van der Waals surface area contributed by atoms with Crippen LogP contribution < -0.4 is 9.64 Å². The molecule has 6 heteroatoms. The van der Waals surface area contributed by atoms with Crippen molar-refractivity contribution in [3.05, 3.63) is 53.7 Å². The minimum Gasteiger partial charge on any atom is -0.488 e. The molecule has 2 heterocycles. The lowest BCUT2D eigenvalue weighted by atomic mass is 10.1. The van der Waals surface area contributed by atoms with Gasteiger partial charge in [-0.05, 0) is 29.8 Å². The number of carbonyl (C=O) groups is 1. The van der Waals surface area contributed by atoms with Crippen LogP contribution in [-0.4, -0.2) is 36.1 Å². The van der Waals surface area contributed by atoms with Crippen LogP contribution in [0.5, 0.6) is 5.75 Å². The summed E-state index contributed by atoms with van der Waals surface area (Å²) in [4.78, 5) is 20.2. The molecular weight excluding hydrogens is 292 g/mol. The number of hydrogen-bond acceptors (Lipinski definition) is 4. The topological polar surface area (TPSA) is 69.5 Å². The third-order valence-corrected chi connectivity index (χ3v) is 3.61. The minimum atomic E-state index is -0.143. The normalized spacial score (nSPS) is 12.8. The predicted molar refractivity (Wildman–Crippen MR) is 85.1 cm³/mol. The highest BCUT2D eigenvalue weighted by Crippen LogP contribution is 2.29. The van der Waals surface area contributed by atoms with Crippen molar-refractivity contribution in [1.29, 1.82) is 5.26 Å². The Kier molecular flexibility index (Phi) is 4.11. The maximum absolute atomic E-state index is 12.7. The molecule has 1 aliphatic heterocycles. The maximum Gasteiger partial charge on any atom is 0.325 e. The average molecular weight is 308 g/mol. The fourth-order valence-electron chi connectivity index (χ4n) is 2.52. The third-order valence-electron chi connectivity index (χ3n) is 3.61. The number of ether oxygens (including phenoxy) is 1. The van der Waals surface area contributed by atoms with E-state index in [2.05, 4.69) is 11.1 Å². The molecule has 0 spiro atoms. The standard InChI is InChI=1S/C17H16N4O2/c1-20(12-14-5-2-4-13(10-14)11-18)17(22)21-8-9-23-15-6-3-7-19-16(15)21/h2-7,10H,8-9,12H2,1H3. The van der Waals surface area contributed by atoms with Gasteiger partial charge in [0.15, 0.2) is 11.6 Å². The Hall–Kier alpha value is -3.07.